The molecule has 4 rings (SSSR count). The van der Waals surface area contributed by atoms with Crippen molar-refractivity contribution in [1.82, 2.24) is 5.32 Å². The van der Waals surface area contributed by atoms with Crippen molar-refractivity contribution in [2.75, 3.05) is 18.5 Å². The molecule has 0 radical (unpaired) electrons. The summed E-state index contributed by atoms with van der Waals surface area (Å²) < 4.78 is 46.7. The standard InChI is InChI=1S/C24H31F3N2O2/c1-23(2,14-30)28-13-17-9-10-18-21(15-6-4-3-5-7-15)29-20-11-8-16(24(25,26)27)12-19(20)22(18)31-17/h3-6,8,11-12,15,17-18,21-22,28-30H,7,9-10,13-14H2,1-2H3/t15?,17-,18+,21+,22+/m1/s1. The van der Waals surface area contributed by atoms with Crippen molar-refractivity contribution in [3.05, 3.63) is 53.6 Å². The van der Waals surface area contributed by atoms with Gasteiger partial charge in [-0.2, -0.15) is 13.2 Å². The van der Waals surface area contributed by atoms with Gasteiger partial charge in [-0.05, 0) is 51.3 Å². The van der Waals surface area contributed by atoms with Crippen LogP contribution in [0.2, 0.25) is 0 Å². The number of allylic oxidation sites excluding steroid dienone is 3. The lowest BCUT2D eigenvalue weighted by molar-refractivity contribution is -0.138. The molecule has 2 aliphatic heterocycles. The number of halogens is 3. The van der Waals surface area contributed by atoms with E-state index in [1.54, 1.807) is 6.07 Å². The van der Waals surface area contributed by atoms with Crippen molar-refractivity contribution in [1.29, 1.82) is 0 Å². The zero-order valence-corrected chi connectivity index (χ0v) is 18.0. The number of benzene rings is 1. The number of aliphatic hydroxyl groups is 1. The summed E-state index contributed by atoms with van der Waals surface area (Å²) in [6, 6.07) is 4.05. The molecule has 2 heterocycles. The average Bonchev–Trinajstić information content (AvgIpc) is 2.76. The summed E-state index contributed by atoms with van der Waals surface area (Å²) in [4.78, 5) is 0. The first kappa shape index (κ1) is 22.4. The summed E-state index contributed by atoms with van der Waals surface area (Å²) in [5.74, 6) is 0.374. The van der Waals surface area contributed by atoms with Crippen LogP contribution in [-0.4, -0.2) is 35.9 Å². The van der Waals surface area contributed by atoms with E-state index < -0.39 is 17.3 Å². The third kappa shape index (κ3) is 4.83. The maximum absolute atomic E-state index is 13.4. The van der Waals surface area contributed by atoms with E-state index in [1.807, 2.05) is 26.0 Å². The highest BCUT2D eigenvalue weighted by atomic mass is 19.4. The Morgan fingerprint density at radius 3 is 2.68 bits per heavy atom. The van der Waals surface area contributed by atoms with E-state index in [0.29, 0.717) is 12.1 Å². The Kier molecular flexibility index (Phi) is 6.21. The van der Waals surface area contributed by atoms with Crippen LogP contribution in [0.25, 0.3) is 0 Å². The second-order valence-corrected chi connectivity index (χ2v) is 9.53. The molecule has 1 aliphatic carbocycles. The summed E-state index contributed by atoms with van der Waals surface area (Å²) in [6.07, 6.45) is 6.10. The average molecular weight is 437 g/mol. The Balaban J connectivity index is 1.62. The van der Waals surface area contributed by atoms with E-state index in [-0.39, 0.29) is 36.7 Å². The molecule has 0 saturated carbocycles. The minimum absolute atomic E-state index is 0.00290. The second kappa shape index (κ2) is 8.60. The zero-order chi connectivity index (χ0) is 22.2. The molecule has 1 aromatic rings. The molecule has 1 aromatic carbocycles. The molecule has 7 heteroatoms. The summed E-state index contributed by atoms with van der Waals surface area (Å²) >= 11 is 0. The van der Waals surface area contributed by atoms with Crippen LogP contribution in [0.1, 0.15) is 50.3 Å². The number of ether oxygens (including phenoxy) is 1. The Labute approximate surface area is 181 Å². The van der Waals surface area contributed by atoms with Gasteiger partial charge in [-0.3, -0.25) is 0 Å². The van der Waals surface area contributed by atoms with Crippen LogP contribution in [0.5, 0.6) is 0 Å². The maximum Gasteiger partial charge on any atom is 0.416 e. The van der Waals surface area contributed by atoms with Crippen molar-refractivity contribution in [2.45, 2.75) is 63.1 Å². The highest BCUT2D eigenvalue weighted by molar-refractivity contribution is 5.58. The van der Waals surface area contributed by atoms with Crippen LogP contribution in [0.4, 0.5) is 18.9 Å². The molecule has 5 atom stereocenters. The van der Waals surface area contributed by atoms with Crippen molar-refractivity contribution in [3.8, 4) is 0 Å². The van der Waals surface area contributed by atoms with Gasteiger partial charge in [-0.1, -0.05) is 24.3 Å². The van der Waals surface area contributed by atoms with Crippen LogP contribution in [0.15, 0.2) is 42.5 Å². The van der Waals surface area contributed by atoms with Gasteiger partial charge >= 0.3 is 6.18 Å². The molecule has 0 bridgehead atoms. The molecule has 4 nitrogen and oxygen atoms in total. The van der Waals surface area contributed by atoms with Crippen molar-refractivity contribution < 1.29 is 23.0 Å². The van der Waals surface area contributed by atoms with E-state index in [4.69, 9.17) is 4.74 Å². The quantitative estimate of drug-likeness (QED) is 0.619. The number of hydrogen-bond donors (Lipinski definition) is 3. The predicted molar refractivity (Wildman–Crippen MR) is 115 cm³/mol. The number of fused-ring (bicyclic) bond motifs is 3. The summed E-state index contributed by atoms with van der Waals surface area (Å²) in [5.41, 5.74) is 0.248. The van der Waals surface area contributed by atoms with Gasteiger partial charge in [-0.15, -0.1) is 0 Å². The van der Waals surface area contributed by atoms with E-state index >= 15 is 0 Å². The minimum atomic E-state index is -4.39. The molecule has 1 fully saturated rings. The van der Waals surface area contributed by atoms with Crippen LogP contribution in [0, 0.1) is 11.8 Å². The fraction of sp³-hybridized carbons (Fsp3) is 0.583. The number of hydrogen-bond acceptors (Lipinski definition) is 4. The molecule has 170 valence electrons. The first-order chi connectivity index (χ1) is 14.7. The molecular formula is C24H31F3N2O2. The van der Waals surface area contributed by atoms with Gasteiger partial charge < -0.3 is 20.5 Å². The molecule has 0 spiro atoms. The van der Waals surface area contributed by atoms with Gasteiger partial charge in [0.25, 0.3) is 0 Å². The van der Waals surface area contributed by atoms with E-state index in [1.165, 1.54) is 6.07 Å². The number of nitrogens with one attached hydrogen (secondary N) is 2. The number of aliphatic hydroxyl groups excluding tert-OH is 1. The topological polar surface area (TPSA) is 53.5 Å². The fourth-order valence-corrected chi connectivity index (χ4v) is 4.86. The van der Waals surface area contributed by atoms with Crippen molar-refractivity contribution in [2.24, 2.45) is 11.8 Å². The largest absolute Gasteiger partial charge is 0.416 e. The Morgan fingerprint density at radius 1 is 1.19 bits per heavy atom. The van der Waals surface area contributed by atoms with Crippen LogP contribution >= 0.6 is 0 Å². The first-order valence-electron chi connectivity index (χ1n) is 11.0. The molecule has 3 aliphatic rings. The van der Waals surface area contributed by atoms with E-state index in [0.717, 1.165) is 31.0 Å². The van der Waals surface area contributed by atoms with Crippen molar-refractivity contribution >= 4 is 5.69 Å². The molecule has 31 heavy (non-hydrogen) atoms. The Bertz CT molecular complexity index is 850. The molecule has 0 amide bonds. The fourth-order valence-electron chi connectivity index (χ4n) is 4.86. The predicted octanol–water partition coefficient (Wildman–Crippen LogP) is 4.83. The molecule has 3 N–H and O–H groups in total. The monoisotopic (exact) mass is 436 g/mol. The lowest BCUT2D eigenvalue weighted by Gasteiger charge is -2.48. The van der Waals surface area contributed by atoms with Gasteiger partial charge in [-0.25, -0.2) is 0 Å². The molecule has 0 aromatic heterocycles. The smallest absolute Gasteiger partial charge is 0.394 e. The first-order valence-corrected chi connectivity index (χ1v) is 11.0. The zero-order valence-electron chi connectivity index (χ0n) is 18.0. The molecule has 1 unspecified atom stereocenters. The lowest BCUT2D eigenvalue weighted by atomic mass is 9.73. The third-order valence-corrected chi connectivity index (χ3v) is 6.70. The van der Waals surface area contributed by atoms with Crippen LogP contribution in [0.3, 0.4) is 0 Å². The number of rotatable bonds is 5. The highest BCUT2D eigenvalue weighted by Crippen LogP contribution is 2.49. The van der Waals surface area contributed by atoms with Gasteiger partial charge in [0.05, 0.1) is 24.4 Å². The molecular weight excluding hydrogens is 405 g/mol. The second-order valence-electron chi connectivity index (χ2n) is 9.53. The number of anilines is 1. The number of alkyl halides is 3. The van der Waals surface area contributed by atoms with Crippen molar-refractivity contribution in [3.63, 3.8) is 0 Å². The van der Waals surface area contributed by atoms with Crippen LogP contribution in [-0.2, 0) is 10.9 Å². The Morgan fingerprint density at radius 2 is 2.00 bits per heavy atom. The van der Waals surface area contributed by atoms with E-state index in [2.05, 4.69) is 22.8 Å². The maximum atomic E-state index is 13.4. The summed E-state index contributed by atoms with van der Waals surface area (Å²) in [5, 5.41) is 16.4. The normalized spacial score (nSPS) is 30.5. The highest BCUT2D eigenvalue weighted by Gasteiger charge is 2.45. The van der Waals surface area contributed by atoms with Gasteiger partial charge in [0.15, 0.2) is 0 Å². The van der Waals surface area contributed by atoms with Gasteiger partial charge in [0.2, 0.25) is 0 Å². The van der Waals surface area contributed by atoms with E-state index in [9.17, 15) is 18.3 Å². The summed E-state index contributed by atoms with van der Waals surface area (Å²) in [6.45, 7) is 4.37. The lowest BCUT2D eigenvalue weighted by Crippen LogP contribution is -2.51. The van der Waals surface area contributed by atoms with Gasteiger partial charge in [0, 0.05) is 41.2 Å². The van der Waals surface area contributed by atoms with Gasteiger partial charge in [0.1, 0.15) is 0 Å². The molecule has 1 saturated heterocycles. The SMILES string of the molecule is CC(C)(CO)NC[C@H]1CC[C@@H]2[C@H](O1)c1cc(C(F)(F)F)ccc1N[C@H]2C1C=CC=CC1. The summed E-state index contributed by atoms with van der Waals surface area (Å²) in [7, 11) is 0. The minimum Gasteiger partial charge on any atom is -0.394 e. The third-order valence-electron chi connectivity index (χ3n) is 6.70. The van der Waals surface area contributed by atoms with Crippen LogP contribution < -0.4 is 10.6 Å². The Hall–Kier alpha value is -1.83.